The summed E-state index contributed by atoms with van der Waals surface area (Å²) in [4.78, 5) is 28.6. The van der Waals surface area contributed by atoms with Gasteiger partial charge in [0.1, 0.15) is 5.56 Å². The molecule has 0 aliphatic heterocycles. The van der Waals surface area contributed by atoms with Gasteiger partial charge in [-0.1, -0.05) is 18.2 Å². The number of hydrogen-bond donors (Lipinski definition) is 2. The summed E-state index contributed by atoms with van der Waals surface area (Å²) in [6.45, 7) is 2.10. The average Bonchev–Trinajstić information content (AvgIpc) is 2.45. The lowest BCUT2D eigenvalue weighted by atomic mass is 10.1. The molecule has 0 spiro atoms. The molecule has 0 atom stereocenters. The van der Waals surface area contributed by atoms with Crippen molar-refractivity contribution in [3.63, 3.8) is 0 Å². The minimum absolute atomic E-state index is 0.116. The summed E-state index contributed by atoms with van der Waals surface area (Å²) in [5, 5.41) is 0. The summed E-state index contributed by atoms with van der Waals surface area (Å²) in [5.41, 5.74) is 7.78. The molecule has 0 saturated heterocycles. The summed E-state index contributed by atoms with van der Waals surface area (Å²) in [6, 6.07) is 8.78. The number of rotatable bonds is 3. The van der Waals surface area contributed by atoms with E-state index >= 15 is 0 Å². The van der Waals surface area contributed by atoms with Crippen LogP contribution in [-0.2, 0) is 6.54 Å². The molecule has 0 fully saturated rings. The number of aryl methyl sites for hydroxylation is 1. The van der Waals surface area contributed by atoms with Crippen molar-refractivity contribution in [3.05, 3.63) is 63.6 Å². The molecule has 2 aromatic rings. The fourth-order valence-corrected chi connectivity index (χ4v) is 2.04. The number of H-pyrrole nitrogens is 1. The molecule has 1 heterocycles. The van der Waals surface area contributed by atoms with E-state index < -0.39 is 0 Å². The van der Waals surface area contributed by atoms with Crippen molar-refractivity contribution in [2.75, 3.05) is 11.9 Å². The topological polar surface area (TPSA) is 79.2 Å². The summed E-state index contributed by atoms with van der Waals surface area (Å²) < 4.78 is 0. The number of anilines is 1. The third kappa shape index (κ3) is 2.62. The summed E-state index contributed by atoms with van der Waals surface area (Å²) in [5.74, 6) is -0.354. The zero-order valence-electron chi connectivity index (χ0n) is 11.5. The normalized spacial score (nSPS) is 10.3. The molecule has 1 amide bonds. The van der Waals surface area contributed by atoms with Crippen molar-refractivity contribution in [1.29, 1.82) is 0 Å². The second-order valence-corrected chi connectivity index (χ2v) is 4.59. The Morgan fingerprint density at radius 2 is 2.05 bits per heavy atom. The molecule has 0 radical (unpaired) electrons. The average molecular weight is 271 g/mol. The van der Waals surface area contributed by atoms with Gasteiger partial charge in [0.25, 0.3) is 5.91 Å². The number of aromatic nitrogens is 1. The van der Waals surface area contributed by atoms with Crippen LogP contribution in [0.3, 0.4) is 0 Å². The maximum Gasteiger partial charge on any atom is 0.263 e. The number of pyridine rings is 1. The van der Waals surface area contributed by atoms with Gasteiger partial charge < -0.3 is 15.6 Å². The van der Waals surface area contributed by atoms with Crippen LogP contribution in [0.15, 0.2) is 41.3 Å². The molecule has 5 nitrogen and oxygen atoms in total. The number of benzene rings is 1. The Bertz CT molecular complexity index is 692. The molecular weight excluding hydrogens is 254 g/mol. The number of amides is 1. The Balaban J connectivity index is 2.40. The van der Waals surface area contributed by atoms with Crippen LogP contribution in [0.25, 0.3) is 0 Å². The highest BCUT2D eigenvalue weighted by atomic mass is 16.2. The van der Waals surface area contributed by atoms with E-state index in [0.717, 1.165) is 11.3 Å². The first-order valence-corrected chi connectivity index (χ1v) is 6.30. The fraction of sp³-hybridized carbons (Fsp3) is 0.200. The molecule has 20 heavy (non-hydrogen) atoms. The predicted octanol–water partition coefficient (Wildman–Crippen LogP) is 1.42. The van der Waals surface area contributed by atoms with Crippen molar-refractivity contribution in [3.8, 4) is 0 Å². The number of nitrogens with two attached hydrogens (primary N) is 1. The molecule has 3 N–H and O–H groups in total. The van der Waals surface area contributed by atoms with Crippen LogP contribution in [0.5, 0.6) is 0 Å². The summed E-state index contributed by atoms with van der Waals surface area (Å²) in [7, 11) is 1.64. The minimum atomic E-state index is -0.354. The molecule has 1 aromatic heterocycles. The molecule has 0 aliphatic carbocycles. The Labute approximate surface area is 117 Å². The fourth-order valence-electron chi connectivity index (χ4n) is 2.04. The van der Waals surface area contributed by atoms with Crippen molar-refractivity contribution in [2.45, 2.75) is 13.5 Å². The SMILES string of the molecule is Cc1cc(=O)c(C(=O)N(C)c2ccccc2CN)c[nH]1. The Morgan fingerprint density at radius 3 is 2.70 bits per heavy atom. The number of nitrogens with one attached hydrogen (secondary N) is 1. The molecule has 5 heteroatoms. The predicted molar refractivity (Wildman–Crippen MR) is 78.9 cm³/mol. The van der Waals surface area contributed by atoms with E-state index in [2.05, 4.69) is 4.98 Å². The highest BCUT2D eigenvalue weighted by Crippen LogP contribution is 2.19. The summed E-state index contributed by atoms with van der Waals surface area (Å²) in [6.07, 6.45) is 1.45. The maximum atomic E-state index is 12.4. The van der Waals surface area contributed by atoms with Gasteiger partial charge >= 0.3 is 0 Å². The Kier molecular flexibility index (Phi) is 4.00. The third-order valence-electron chi connectivity index (χ3n) is 3.17. The standard InChI is InChI=1S/C15H17N3O2/c1-10-7-14(19)12(9-17-10)15(20)18(2)13-6-4-3-5-11(13)8-16/h3-7,9H,8,16H2,1-2H3,(H,17,19). The van der Waals surface area contributed by atoms with Crippen LogP contribution < -0.4 is 16.1 Å². The number of carbonyl (C=O) groups is 1. The van der Waals surface area contributed by atoms with E-state index in [4.69, 9.17) is 5.73 Å². The number of aromatic amines is 1. The van der Waals surface area contributed by atoms with E-state index in [-0.39, 0.29) is 16.9 Å². The van der Waals surface area contributed by atoms with Gasteiger partial charge in [-0.2, -0.15) is 0 Å². The third-order valence-corrected chi connectivity index (χ3v) is 3.17. The van der Waals surface area contributed by atoms with Crippen molar-refractivity contribution < 1.29 is 4.79 Å². The second kappa shape index (κ2) is 5.71. The van der Waals surface area contributed by atoms with E-state index in [1.165, 1.54) is 17.2 Å². The van der Waals surface area contributed by atoms with Crippen LogP contribution in [-0.4, -0.2) is 17.9 Å². The largest absolute Gasteiger partial charge is 0.364 e. The first-order chi connectivity index (χ1) is 9.54. The van der Waals surface area contributed by atoms with Crippen LogP contribution in [0.2, 0.25) is 0 Å². The van der Waals surface area contributed by atoms with Crippen molar-refractivity contribution in [1.82, 2.24) is 4.98 Å². The monoisotopic (exact) mass is 271 g/mol. The van der Waals surface area contributed by atoms with Gasteiger partial charge in [-0.05, 0) is 18.6 Å². The van der Waals surface area contributed by atoms with Gasteiger partial charge in [0, 0.05) is 37.2 Å². The molecule has 0 aliphatic rings. The van der Waals surface area contributed by atoms with Gasteiger partial charge in [0.15, 0.2) is 5.43 Å². The van der Waals surface area contributed by atoms with E-state index in [1.807, 2.05) is 24.3 Å². The molecule has 2 rings (SSSR count). The van der Waals surface area contributed by atoms with Gasteiger partial charge in [-0.25, -0.2) is 0 Å². The molecule has 0 saturated carbocycles. The highest BCUT2D eigenvalue weighted by Gasteiger charge is 2.18. The zero-order chi connectivity index (χ0) is 14.7. The first-order valence-electron chi connectivity index (χ1n) is 6.30. The van der Waals surface area contributed by atoms with E-state index in [1.54, 1.807) is 14.0 Å². The first kappa shape index (κ1) is 14.0. The molecule has 1 aromatic carbocycles. The Hall–Kier alpha value is -2.40. The van der Waals surface area contributed by atoms with E-state index in [9.17, 15) is 9.59 Å². The lowest BCUT2D eigenvalue weighted by molar-refractivity contribution is 0.0991. The highest BCUT2D eigenvalue weighted by molar-refractivity contribution is 6.05. The number of nitrogens with zero attached hydrogens (tertiary/aromatic N) is 1. The quantitative estimate of drug-likeness (QED) is 0.886. The van der Waals surface area contributed by atoms with E-state index in [0.29, 0.717) is 12.2 Å². The smallest absolute Gasteiger partial charge is 0.263 e. The van der Waals surface area contributed by atoms with Gasteiger partial charge in [0.2, 0.25) is 0 Å². The van der Waals surface area contributed by atoms with Crippen LogP contribution in [0.1, 0.15) is 21.6 Å². The van der Waals surface area contributed by atoms with Gasteiger partial charge in [0.05, 0.1) is 0 Å². The minimum Gasteiger partial charge on any atom is -0.364 e. The zero-order valence-corrected chi connectivity index (χ0v) is 11.5. The molecule has 0 unspecified atom stereocenters. The lowest BCUT2D eigenvalue weighted by Gasteiger charge is -2.20. The van der Waals surface area contributed by atoms with Crippen LogP contribution >= 0.6 is 0 Å². The lowest BCUT2D eigenvalue weighted by Crippen LogP contribution is -2.31. The molecule has 104 valence electrons. The molecule has 0 bridgehead atoms. The second-order valence-electron chi connectivity index (χ2n) is 4.59. The number of hydrogen-bond acceptors (Lipinski definition) is 3. The van der Waals surface area contributed by atoms with Gasteiger partial charge in [-0.3, -0.25) is 9.59 Å². The maximum absolute atomic E-state index is 12.4. The van der Waals surface area contributed by atoms with Crippen LogP contribution in [0, 0.1) is 6.92 Å². The van der Waals surface area contributed by atoms with Crippen molar-refractivity contribution >= 4 is 11.6 Å². The molecular formula is C15H17N3O2. The van der Waals surface area contributed by atoms with Crippen molar-refractivity contribution in [2.24, 2.45) is 5.73 Å². The number of carbonyl (C=O) groups excluding carboxylic acids is 1. The Morgan fingerprint density at radius 1 is 1.35 bits per heavy atom. The van der Waals surface area contributed by atoms with Gasteiger partial charge in [-0.15, -0.1) is 0 Å². The number of para-hydroxylation sites is 1. The van der Waals surface area contributed by atoms with Crippen LogP contribution in [0.4, 0.5) is 5.69 Å². The summed E-state index contributed by atoms with van der Waals surface area (Å²) >= 11 is 0.